The molecule has 2 aromatic rings. The third-order valence-corrected chi connectivity index (χ3v) is 7.85. The van der Waals surface area contributed by atoms with Crippen molar-refractivity contribution < 1.29 is 4.79 Å². The number of aryl methyl sites for hydroxylation is 1. The highest BCUT2D eigenvalue weighted by Gasteiger charge is 2.50. The predicted octanol–water partition coefficient (Wildman–Crippen LogP) is 4.20. The van der Waals surface area contributed by atoms with E-state index < -0.39 is 0 Å². The lowest BCUT2D eigenvalue weighted by atomic mass is 9.65. The van der Waals surface area contributed by atoms with Gasteiger partial charge in [-0.25, -0.2) is 4.98 Å². The molecule has 5 nitrogen and oxygen atoms in total. The van der Waals surface area contributed by atoms with Crippen LogP contribution in [0.2, 0.25) is 0 Å². The maximum atomic E-state index is 13.1. The fraction of sp³-hybridized carbons (Fsp3) is 0.560. The molecule has 0 radical (unpaired) electrons. The van der Waals surface area contributed by atoms with E-state index in [1.807, 2.05) is 37.3 Å². The molecule has 2 heterocycles. The minimum Gasteiger partial charge on any atom is -0.338 e. The number of hydrogen-bond acceptors (Lipinski definition) is 4. The van der Waals surface area contributed by atoms with E-state index in [1.165, 1.54) is 18.2 Å². The van der Waals surface area contributed by atoms with Gasteiger partial charge in [0.15, 0.2) is 5.16 Å². The van der Waals surface area contributed by atoms with Crippen molar-refractivity contribution in [1.82, 2.24) is 14.5 Å². The monoisotopic (exact) mass is 439 g/mol. The summed E-state index contributed by atoms with van der Waals surface area (Å²) in [6.45, 7) is 9.70. The minimum absolute atomic E-state index is 0.0300. The number of carbonyl (C=O) groups excluding carboxylic acids is 1. The van der Waals surface area contributed by atoms with Gasteiger partial charge in [0.2, 0.25) is 5.91 Å². The summed E-state index contributed by atoms with van der Waals surface area (Å²) in [5.41, 5.74) is 3.04. The molecule has 2 atom stereocenters. The molecule has 2 unspecified atom stereocenters. The first kappa shape index (κ1) is 22.1. The van der Waals surface area contributed by atoms with E-state index >= 15 is 0 Å². The van der Waals surface area contributed by atoms with Crippen LogP contribution in [0, 0.1) is 17.8 Å². The summed E-state index contributed by atoms with van der Waals surface area (Å²) in [5.74, 6) is 0.488. The molecule has 0 N–H and O–H groups in total. The van der Waals surface area contributed by atoms with Crippen molar-refractivity contribution in [3.05, 3.63) is 57.5 Å². The molecule has 2 aliphatic rings. The van der Waals surface area contributed by atoms with E-state index in [2.05, 4.69) is 30.7 Å². The van der Waals surface area contributed by atoms with Gasteiger partial charge in [-0.15, -0.1) is 0 Å². The molecule has 1 aliphatic carbocycles. The molecule has 1 aromatic heterocycles. The quantitative estimate of drug-likeness (QED) is 0.518. The number of thioether (sulfide) groups is 1. The summed E-state index contributed by atoms with van der Waals surface area (Å²) in [6.07, 6.45) is 3.92. The van der Waals surface area contributed by atoms with Crippen LogP contribution in [0.15, 0.2) is 40.3 Å². The molecule has 166 valence electrons. The smallest absolute Gasteiger partial charge is 0.257 e. The third kappa shape index (κ3) is 4.59. The number of hydrogen-bond donors (Lipinski definition) is 0. The van der Waals surface area contributed by atoms with Gasteiger partial charge in [-0.2, -0.15) is 0 Å². The van der Waals surface area contributed by atoms with Crippen molar-refractivity contribution in [2.45, 2.75) is 64.6 Å². The number of amides is 1. The molecule has 1 aliphatic heterocycles. The SMILES string of the molecule is Cc1nc(SCC(=O)N2CC3(C)CC2CC(C)(C)C3)n(C)c(=O)c1Cc1ccccc1. The van der Waals surface area contributed by atoms with Crippen LogP contribution in [0.25, 0.3) is 0 Å². The van der Waals surface area contributed by atoms with Gasteiger partial charge in [0.25, 0.3) is 5.56 Å². The van der Waals surface area contributed by atoms with Crippen molar-refractivity contribution in [3.63, 3.8) is 0 Å². The molecule has 4 rings (SSSR count). The van der Waals surface area contributed by atoms with E-state index in [1.54, 1.807) is 11.6 Å². The van der Waals surface area contributed by atoms with Crippen LogP contribution in [-0.4, -0.2) is 38.7 Å². The Morgan fingerprint density at radius 3 is 2.61 bits per heavy atom. The summed E-state index contributed by atoms with van der Waals surface area (Å²) in [4.78, 5) is 32.9. The van der Waals surface area contributed by atoms with E-state index in [-0.39, 0.29) is 22.3 Å². The Bertz CT molecular complexity index is 1050. The number of benzene rings is 1. The average Bonchev–Trinajstić information content (AvgIpc) is 2.96. The lowest BCUT2D eigenvalue weighted by Gasteiger charge is -2.39. The number of fused-ring (bicyclic) bond motifs is 2. The summed E-state index contributed by atoms with van der Waals surface area (Å²) in [6, 6.07) is 10.3. The van der Waals surface area contributed by atoms with Crippen molar-refractivity contribution >= 4 is 17.7 Å². The van der Waals surface area contributed by atoms with Gasteiger partial charge in [0.1, 0.15) is 0 Å². The summed E-state index contributed by atoms with van der Waals surface area (Å²) >= 11 is 1.38. The van der Waals surface area contributed by atoms with Gasteiger partial charge in [-0.1, -0.05) is 62.9 Å². The number of carbonyl (C=O) groups is 1. The second-order valence-electron chi connectivity index (χ2n) is 10.5. The van der Waals surface area contributed by atoms with Crippen LogP contribution in [0.4, 0.5) is 0 Å². The Kier molecular flexibility index (Phi) is 5.80. The van der Waals surface area contributed by atoms with Gasteiger partial charge in [-0.3, -0.25) is 14.2 Å². The zero-order valence-electron chi connectivity index (χ0n) is 19.3. The van der Waals surface area contributed by atoms with Gasteiger partial charge < -0.3 is 4.90 Å². The van der Waals surface area contributed by atoms with Gasteiger partial charge in [0.05, 0.1) is 5.75 Å². The molecular weight excluding hydrogens is 406 g/mol. The van der Waals surface area contributed by atoms with Crippen LogP contribution in [0.5, 0.6) is 0 Å². The van der Waals surface area contributed by atoms with Crippen molar-refractivity contribution in [3.8, 4) is 0 Å². The van der Waals surface area contributed by atoms with Gasteiger partial charge >= 0.3 is 0 Å². The van der Waals surface area contributed by atoms with E-state index in [4.69, 9.17) is 0 Å². The summed E-state index contributed by atoms with van der Waals surface area (Å²) in [5, 5.41) is 0.612. The molecule has 1 amide bonds. The Morgan fingerprint density at radius 2 is 1.90 bits per heavy atom. The molecule has 0 spiro atoms. The van der Waals surface area contributed by atoms with E-state index in [9.17, 15) is 9.59 Å². The minimum atomic E-state index is -0.0300. The Morgan fingerprint density at radius 1 is 1.19 bits per heavy atom. The molecule has 2 fully saturated rings. The highest BCUT2D eigenvalue weighted by molar-refractivity contribution is 7.99. The lowest BCUT2D eigenvalue weighted by molar-refractivity contribution is -0.129. The third-order valence-electron chi connectivity index (χ3n) is 6.83. The van der Waals surface area contributed by atoms with Crippen molar-refractivity contribution in [2.24, 2.45) is 17.9 Å². The first-order chi connectivity index (χ1) is 14.6. The Hall–Kier alpha value is -2.08. The largest absolute Gasteiger partial charge is 0.338 e. The van der Waals surface area contributed by atoms with Crippen LogP contribution < -0.4 is 5.56 Å². The molecule has 6 heteroatoms. The van der Waals surface area contributed by atoms with Crippen LogP contribution in [0.3, 0.4) is 0 Å². The van der Waals surface area contributed by atoms with E-state index in [0.717, 1.165) is 30.6 Å². The van der Waals surface area contributed by atoms with Crippen LogP contribution >= 0.6 is 11.8 Å². The zero-order valence-corrected chi connectivity index (χ0v) is 20.1. The summed E-state index contributed by atoms with van der Waals surface area (Å²) < 4.78 is 1.59. The van der Waals surface area contributed by atoms with Crippen LogP contribution in [-0.2, 0) is 18.3 Å². The standard InChI is InChI=1S/C25H33N3O2S/c1-17-20(11-18-9-7-6-8-10-18)22(30)27(5)23(26-17)31-14-21(29)28-16-25(4)13-19(28)12-24(2,3)15-25/h6-10,19H,11-16H2,1-5H3. The molecule has 1 aromatic carbocycles. The van der Waals surface area contributed by atoms with Crippen molar-refractivity contribution in [2.75, 3.05) is 12.3 Å². The molecule has 1 saturated carbocycles. The lowest BCUT2D eigenvalue weighted by Crippen LogP contribution is -2.38. The predicted molar refractivity (Wildman–Crippen MR) is 125 cm³/mol. The highest BCUT2D eigenvalue weighted by Crippen LogP contribution is 2.52. The normalized spacial score (nSPS) is 24.4. The van der Waals surface area contributed by atoms with E-state index in [0.29, 0.717) is 28.9 Å². The van der Waals surface area contributed by atoms with Crippen LogP contribution in [0.1, 0.15) is 56.9 Å². The molecule has 31 heavy (non-hydrogen) atoms. The fourth-order valence-electron chi connectivity index (χ4n) is 5.82. The summed E-state index contributed by atoms with van der Waals surface area (Å²) in [7, 11) is 1.75. The van der Waals surface area contributed by atoms with Crippen molar-refractivity contribution in [1.29, 1.82) is 0 Å². The zero-order chi connectivity index (χ0) is 22.4. The van der Waals surface area contributed by atoms with Gasteiger partial charge in [0, 0.05) is 37.3 Å². The number of nitrogens with zero attached hydrogens (tertiary/aromatic N) is 3. The molecular formula is C25H33N3O2S. The Balaban J connectivity index is 1.47. The first-order valence-electron chi connectivity index (χ1n) is 11.1. The average molecular weight is 440 g/mol. The fourth-order valence-corrected chi connectivity index (χ4v) is 6.72. The number of likely N-dealkylation sites (tertiary alicyclic amines) is 1. The molecule has 2 bridgehead atoms. The van der Waals surface area contributed by atoms with Gasteiger partial charge in [-0.05, 0) is 42.6 Å². The first-order valence-corrected chi connectivity index (χ1v) is 12.1. The highest BCUT2D eigenvalue weighted by atomic mass is 32.2. The Labute approximate surface area is 189 Å². The molecule has 1 saturated heterocycles. The second kappa shape index (κ2) is 8.12. The maximum Gasteiger partial charge on any atom is 0.257 e. The maximum absolute atomic E-state index is 13.1. The topological polar surface area (TPSA) is 55.2 Å². The number of aromatic nitrogens is 2. The number of rotatable bonds is 5. The second-order valence-corrected chi connectivity index (χ2v) is 11.5.